The number of amides is 2. The van der Waals surface area contributed by atoms with Gasteiger partial charge in [0.1, 0.15) is 0 Å². The Balaban J connectivity index is 0.00000363. The first-order chi connectivity index (χ1) is 15.1. The lowest BCUT2D eigenvalue weighted by atomic mass is 10.1. The maximum absolute atomic E-state index is 12.1. The number of carbonyl (C=O) groups excluding carboxylic acids is 2. The van der Waals surface area contributed by atoms with E-state index in [1.54, 1.807) is 14.1 Å². The Morgan fingerprint density at radius 1 is 1.06 bits per heavy atom. The highest BCUT2D eigenvalue weighted by Crippen LogP contribution is 2.21. The Morgan fingerprint density at radius 3 is 2.53 bits per heavy atom. The van der Waals surface area contributed by atoms with Crippen LogP contribution < -0.4 is 20.9 Å². The monoisotopic (exact) mass is 549 g/mol. The quantitative estimate of drug-likeness (QED) is 0.282. The number of aliphatic imine (C=N–C) groups is 1. The van der Waals surface area contributed by atoms with Crippen LogP contribution in [-0.2, 0) is 17.8 Å². The molecule has 0 saturated carbocycles. The number of piperidine rings is 1. The fourth-order valence-electron chi connectivity index (χ4n) is 3.62. The van der Waals surface area contributed by atoms with Gasteiger partial charge in [-0.25, -0.2) is 0 Å². The Hall–Kier alpha value is -2.62. The van der Waals surface area contributed by atoms with Gasteiger partial charge in [-0.05, 0) is 54.7 Å². The third-order valence-corrected chi connectivity index (χ3v) is 5.38. The van der Waals surface area contributed by atoms with Gasteiger partial charge < -0.3 is 20.9 Å². The number of benzene rings is 2. The second-order valence-corrected chi connectivity index (χ2v) is 7.55. The number of nitrogens with zero attached hydrogens (tertiary/aromatic N) is 2. The molecule has 1 heterocycles. The fraction of sp³-hybridized carbons (Fsp3) is 0.375. The van der Waals surface area contributed by atoms with E-state index in [0.29, 0.717) is 25.1 Å². The van der Waals surface area contributed by atoms with Crippen LogP contribution in [0.25, 0.3) is 0 Å². The molecule has 8 heteroatoms. The van der Waals surface area contributed by atoms with E-state index in [1.165, 1.54) is 0 Å². The molecule has 1 saturated heterocycles. The largest absolute Gasteiger partial charge is 0.356 e. The summed E-state index contributed by atoms with van der Waals surface area (Å²) in [5.41, 5.74) is 3.84. The number of hydrogen-bond acceptors (Lipinski definition) is 3. The standard InChI is InChI=1S/C24H31N5O2.HI/c1-25-23(31)20-7-5-6-18(16-20)13-14-27-24(26-2)28-17-19-9-11-21(12-10-19)29-15-4-3-8-22(29)30;/h5-7,9-12,16H,3-4,8,13-15,17H2,1-2H3,(H,25,31)(H2,26,27,28);1H. The molecule has 1 aliphatic heterocycles. The number of carbonyl (C=O) groups is 2. The predicted octanol–water partition coefficient (Wildman–Crippen LogP) is 3.09. The highest BCUT2D eigenvalue weighted by atomic mass is 127. The smallest absolute Gasteiger partial charge is 0.251 e. The molecule has 3 N–H and O–H groups in total. The number of rotatable bonds is 7. The molecule has 2 aromatic rings. The molecule has 0 unspecified atom stereocenters. The molecule has 0 radical (unpaired) electrons. The van der Waals surface area contributed by atoms with E-state index in [9.17, 15) is 9.59 Å². The number of nitrogens with one attached hydrogen (secondary N) is 3. The summed E-state index contributed by atoms with van der Waals surface area (Å²) in [7, 11) is 3.37. The summed E-state index contributed by atoms with van der Waals surface area (Å²) in [6.45, 7) is 2.14. The number of hydrogen-bond donors (Lipinski definition) is 3. The lowest BCUT2D eigenvalue weighted by molar-refractivity contribution is -0.119. The molecule has 3 rings (SSSR count). The van der Waals surface area contributed by atoms with E-state index in [2.05, 4.69) is 20.9 Å². The van der Waals surface area contributed by atoms with E-state index < -0.39 is 0 Å². The van der Waals surface area contributed by atoms with Gasteiger partial charge in [-0.15, -0.1) is 24.0 Å². The average Bonchev–Trinajstić information content (AvgIpc) is 2.81. The molecular weight excluding hydrogens is 517 g/mol. The van der Waals surface area contributed by atoms with Crippen LogP contribution in [0.2, 0.25) is 0 Å². The van der Waals surface area contributed by atoms with Crippen molar-refractivity contribution in [3.05, 3.63) is 65.2 Å². The molecule has 172 valence electrons. The van der Waals surface area contributed by atoms with E-state index in [1.807, 2.05) is 53.4 Å². The lowest BCUT2D eigenvalue weighted by Gasteiger charge is -2.26. The lowest BCUT2D eigenvalue weighted by Crippen LogP contribution is -2.38. The summed E-state index contributed by atoms with van der Waals surface area (Å²) < 4.78 is 0. The van der Waals surface area contributed by atoms with Crippen LogP contribution in [-0.4, -0.2) is 45.0 Å². The molecule has 1 fully saturated rings. The normalized spacial score (nSPS) is 13.9. The van der Waals surface area contributed by atoms with Crippen LogP contribution in [0, 0.1) is 0 Å². The van der Waals surface area contributed by atoms with Crippen LogP contribution >= 0.6 is 24.0 Å². The summed E-state index contributed by atoms with van der Waals surface area (Å²) in [4.78, 5) is 30.0. The number of anilines is 1. The van der Waals surface area contributed by atoms with Crippen molar-refractivity contribution in [2.45, 2.75) is 32.2 Å². The molecular formula is C24H32IN5O2. The third-order valence-electron chi connectivity index (χ3n) is 5.38. The van der Waals surface area contributed by atoms with E-state index >= 15 is 0 Å². The van der Waals surface area contributed by atoms with E-state index in [-0.39, 0.29) is 35.8 Å². The molecule has 0 atom stereocenters. The van der Waals surface area contributed by atoms with Crippen molar-refractivity contribution in [3.8, 4) is 0 Å². The first-order valence-electron chi connectivity index (χ1n) is 10.8. The van der Waals surface area contributed by atoms with Crippen LogP contribution in [0.5, 0.6) is 0 Å². The van der Waals surface area contributed by atoms with Crippen LogP contribution in [0.15, 0.2) is 53.5 Å². The molecule has 0 aromatic heterocycles. The fourth-order valence-corrected chi connectivity index (χ4v) is 3.62. The van der Waals surface area contributed by atoms with Crippen LogP contribution in [0.4, 0.5) is 5.69 Å². The Morgan fingerprint density at radius 2 is 1.84 bits per heavy atom. The van der Waals surface area contributed by atoms with Gasteiger partial charge in [0, 0.05) is 51.4 Å². The Labute approximate surface area is 207 Å². The van der Waals surface area contributed by atoms with Crippen molar-refractivity contribution in [1.82, 2.24) is 16.0 Å². The van der Waals surface area contributed by atoms with Crippen LogP contribution in [0.3, 0.4) is 0 Å². The Kier molecular flexibility index (Phi) is 10.5. The minimum atomic E-state index is -0.0806. The molecule has 7 nitrogen and oxygen atoms in total. The first kappa shape index (κ1) is 25.6. The highest BCUT2D eigenvalue weighted by molar-refractivity contribution is 14.0. The van der Waals surface area contributed by atoms with E-state index in [0.717, 1.165) is 48.6 Å². The Bertz CT molecular complexity index is 930. The van der Waals surface area contributed by atoms with Gasteiger partial charge in [0.2, 0.25) is 5.91 Å². The van der Waals surface area contributed by atoms with Crippen molar-refractivity contribution in [2.24, 2.45) is 4.99 Å². The van der Waals surface area contributed by atoms with Gasteiger partial charge in [0.15, 0.2) is 5.96 Å². The van der Waals surface area contributed by atoms with Crippen molar-refractivity contribution < 1.29 is 9.59 Å². The topological polar surface area (TPSA) is 85.8 Å². The molecule has 2 amide bonds. The van der Waals surface area contributed by atoms with Gasteiger partial charge in [0.05, 0.1) is 0 Å². The molecule has 1 aliphatic rings. The molecule has 0 spiro atoms. The molecule has 2 aromatic carbocycles. The van der Waals surface area contributed by atoms with Crippen molar-refractivity contribution >= 4 is 47.4 Å². The van der Waals surface area contributed by atoms with Crippen molar-refractivity contribution in [1.29, 1.82) is 0 Å². The predicted molar refractivity (Wildman–Crippen MR) is 140 cm³/mol. The second kappa shape index (κ2) is 13.0. The van der Waals surface area contributed by atoms with Gasteiger partial charge in [-0.1, -0.05) is 24.3 Å². The van der Waals surface area contributed by atoms with Crippen molar-refractivity contribution in [3.63, 3.8) is 0 Å². The van der Waals surface area contributed by atoms with Crippen LogP contribution in [0.1, 0.15) is 40.7 Å². The summed E-state index contributed by atoms with van der Waals surface area (Å²) in [5.74, 6) is 0.850. The number of guanidine groups is 1. The zero-order valence-electron chi connectivity index (χ0n) is 18.7. The van der Waals surface area contributed by atoms with Crippen molar-refractivity contribution in [2.75, 3.05) is 32.1 Å². The molecule has 0 bridgehead atoms. The molecule has 32 heavy (non-hydrogen) atoms. The number of halogens is 1. The summed E-state index contributed by atoms with van der Waals surface area (Å²) in [6.07, 6.45) is 3.47. The SMILES string of the molecule is CN=C(NCCc1cccc(C(=O)NC)c1)NCc1ccc(N2CCCCC2=O)cc1.I. The zero-order valence-corrected chi connectivity index (χ0v) is 21.0. The zero-order chi connectivity index (χ0) is 22.1. The minimum absolute atomic E-state index is 0. The summed E-state index contributed by atoms with van der Waals surface area (Å²) in [6, 6.07) is 15.7. The van der Waals surface area contributed by atoms with Gasteiger partial charge in [-0.3, -0.25) is 14.6 Å². The maximum Gasteiger partial charge on any atom is 0.251 e. The van der Waals surface area contributed by atoms with Gasteiger partial charge in [0.25, 0.3) is 5.91 Å². The first-order valence-corrected chi connectivity index (χ1v) is 10.8. The minimum Gasteiger partial charge on any atom is -0.356 e. The average molecular weight is 549 g/mol. The molecule has 0 aliphatic carbocycles. The van der Waals surface area contributed by atoms with Gasteiger partial charge in [-0.2, -0.15) is 0 Å². The third kappa shape index (κ3) is 7.22. The summed E-state index contributed by atoms with van der Waals surface area (Å²) in [5, 5.41) is 9.26. The summed E-state index contributed by atoms with van der Waals surface area (Å²) >= 11 is 0. The van der Waals surface area contributed by atoms with Gasteiger partial charge >= 0.3 is 0 Å². The highest BCUT2D eigenvalue weighted by Gasteiger charge is 2.19. The van der Waals surface area contributed by atoms with E-state index in [4.69, 9.17) is 0 Å². The maximum atomic E-state index is 12.1. The second-order valence-electron chi connectivity index (χ2n) is 7.55.